The zero-order valence-corrected chi connectivity index (χ0v) is 16.1. The molecular weight excluding hydrogens is 504 g/mol. The molecule has 0 spiro atoms. The quantitative estimate of drug-likeness (QED) is 0.300. The van der Waals surface area contributed by atoms with Gasteiger partial charge in [0.1, 0.15) is 0 Å². The first kappa shape index (κ1) is 18.6. The molecule has 0 aliphatic carbocycles. The minimum absolute atomic E-state index is 0.527. The van der Waals surface area contributed by atoms with Crippen LogP contribution in [0.3, 0.4) is 0 Å². The summed E-state index contributed by atoms with van der Waals surface area (Å²) in [7, 11) is 0. The van der Waals surface area contributed by atoms with Crippen LogP contribution in [0.15, 0.2) is 12.2 Å². The molecule has 0 aromatic heterocycles. The van der Waals surface area contributed by atoms with Crippen LogP contribution in [0.2, 0.25) is 0 Å². The van der Waals surface area contributed by atoms with Crippen LogP contribution in [0, 0.1) is 0 Å². The predicted octanol–water partition coefficient (Wildman–Crippen LogP) is 4.34. The van der Waals surface area contributed by atoms with Crippen LogP contribution in [0.1, 0.15) is 26.7 Å². The van der Waals surface area contributed by atoms with Crippen molar-refractivity contribution in [3.05, 3.63) is 12.2 Å². The third-order valence-corrected chi connectivity index (χ3v) is 4.57. The first-order valence-electron chi connectivity index (χ1n) is 5.01. The van der Waals surface area contributed by atoms with Gasteiger partial charge in [-0.3, -0.25) is 0 Å². The third kappa shape index (κ3) is 8.66. The molecule has 0 saturated carbocycles. The average molecular weight is 516 g/mol. The summed E-state index contributed by atoms with van der Waals surface area (Å²) in [5.41, 5.74) is 0. The van der Waals surface area contributed by atoms with Gasteiger partial charge < -0.3 is 9.47 Å². The predicted molar refractivity (Wildman–Crippen MR) is 83.1 cm³/mol. The number of halogens is 4. The van der Waals surface area contributed by atoms with Gasteiger partial charge in [0.25, 0.3) is 0 Å². The van der Waals surface area contributed by atoms with E-state index in [1.807, 2.05) is 13.8 Å². The molecule has 4 nitrogen and oxygen atoms in total. The molecule has 0 rings (SSSR count). The lowest BCUT2D eigenvalue weighted by molar-refractivity contribution is -0.143. The molecule has 104 valence electrons. The van der Waals surface area contributed by atoms with Crippen LogP contribution in [-0.4, -0.2) is 18.8 Å². The fourth-order valence-electron chi connectivity index (χ4n) is 0.643. The van der Waals surface area contributed by atoms with Gasteiger partial charge in [0.05, 0.1) is 0 Å². The second kappa shape index (κ2) is 8.01. The highest BCUT2D eigenvalue weighted by atomic mass is 79.9. The molecule has 0 aromatic rings. The fraction of sp³-hybridized carbons (Fsp3) is 0.600. The highest BCUT2D eigenvalue weighted by Gasteiger charge is 2.25. The Hall–Kier alpha value is 0.600. The minimum atomic E-state index is -0.913. The molecular formula is C10H12Br4O4. The molecule has 0 amide bonds. The van der Waals surface area contributed by atoms with Crippen LogP contribution >= 0.6 is 63.7 Å². The molecule has 0 heterocycles. The van der Waals surface area contributed by atoms with E-state index in [1.165, 1.54) is 0 Å². The number of alkyl halides is 4. The highest BCUT2D eigenvalue weighted by molar-refractivity contribution is 9.25. The maximum atomic E-state index is 11.4. The largest absolute Gasteiger partial charge is 0.434 e. The van der Waals surface area contributed by atoms with Crippen molar-refractivity contribution in [3.8, 4) is 0 Å². The zero-order chi connectivity index (χ0) is 14.4. The summed E-state index contributed by atoms with van der Waals surface area (Å²) in [6.07, 6.45) is 3.06. The molecule has 0 aromatic carbocycles. The number of hydrogen-bond donors (Lipinski definition) is 0. The van der Waals surface area contributed by atoms with Gasteiger partial charge in [-0.25, -0.2) is 9.59 Å². The first-order valence-corrected chi connectivity index (χ1v) is 8.18. The van der Waals surface area contributed by atoms with Crippen molar-refractivity contribution in [2.75, 3.05) is 0 Å². The maximum absolute atomic E-state index is 11.4. The summed E-state index contributed by atoms with van der Waals surface area (Å²) in [6.45, 7) is 3.64. The highest BCUT2D eigenvalue weighted by Crippen LogP contribution is 2.32. The van der Waals surface area contributed by atoms with Gasteiger partial charge in [0.15, 0.2) is 0 Å². The molecule has 0 unspecified atom stereocenters. The minimum Gasteiger partial charge on any atom is -0.434 e. The summed E-state index contributed by atoms with van der Waals surface area (Å²) in [5, 5.41) is 0. The number of hydrogen-bond acceptors (Lipinski definition) is 4. The van der Waals surface area contributed by atoms with Crippen molar-refractivity contribution in [3.63, 3.8) is 0 Å². The first-order chi connectivity index (χ1) is 8.12. The van der Waals surface area contributed by atoms with Crippen molar-refractivity contribution < 1.29 is 19.1 Å². The smallest absolute Gasteiger partial charge is 0.333 e. The van der Waals surface area contributed by atoms with E-state index >= 15 is 0 Å². The normalized spacial score (nSPS) is 12.6. The maximum Gasteiger partial charge on any atom is 0.333 e. The van der Waals surface area contributed by atoms with E-state index in [0.717, 1.165) is 12.2 Å². The van der Waals surface area contributed by atoms with Gasteiger partial charge in [0, 0.05) is 25.0 Å². The molecule has 0 aliphatic heterocycles. The van der Waals surface area contributed by atoms with Crippen molar-refractivity contribution in [2.24, 2.45) is 0 Å². The standard InChI is InChI=1S/C10H12Br4O4/c1-3-9(11,12)17-7(15)5-6-8(16)18-10(13,14)4-2/h5-6H,3-4H2,1-2H3/b6-5-. The molecule has 0 fully saturated rings. The number of carbonyl (C=O) groups is 2. The van der Waals surface area contributed by atoms with E-state index in [2.05, 4.69) is 63.7 Å². The number of rotatable bonds is 6. The molecule has 0 bridgehead atoms. The molecule has 0 N–H and O–H groups in total. The Bertz CT molecular complexity index is 307. The number of esters is 2. The fourth-order valence-corrected chi connectivity index (χ4v) is 1.28. The van der Waals surface area contributed by atoms with Gasteiger partial charge in [-0.1, -0.05) is 13.8 Å². The Labute approximate surface area is 139 Å². The van der Waals surface area contributed by atoms with E-state index in [4.69, 9.17) is 9.47 Å². The van der Waals surface area contributed by atoms with Gasteiger partial charge in [-0.2, -0.15) is 0 Å². The van der Waals surface area contributed by atoms with Crippen molar-refractivity contribution in [2.45, 2.75) is 33.5 Å². The lowest BCUT2D eigenvalue weighted by Gasteiger charge is -2.18. The second-order valence-electron chi connectivity index (χ2n) is 3.16. The van der Waals surface area contributed by atoms with Crippen LogP contribution in [-0.2, 0) is 19.1 Å². The van der Waals surface area contributed by atoms with Gasteiger partial charge in [0.2, 0.25) is 6.84 Å². The van der Waals surface area contributed by atoms with E-state index in [0.29, 0.717) is 12.8 Å². The molecule has 8 heteroatoms. The summed E-state index contributed by atoms with van der Waals surface area (Å²) in [6, 6.07) is 0. The topological polar surface area (TPSA) is 52.6 Å². The third-order valence-electron chi connectivity index (χ3n) is 1.68. The second-order valence-corrected chi connectivity index (χ2v) is 10.4. The monoisotopic (exact) mass is 512 g/mol. The SMILES string of the molecule is CCC(Br)(Br)OC(=O)/C=C\C(=O)OC(Br)(Br)CC. The Morgan fingerprint density at radius 1 is 0.889 bits per heavy atom. The van der Waals surface area contributed by atoms with Crippen LogP contribution in [0.4, 0.5) is 0 Å². The Balaban J connectivity index is 4.32. The van der Waals surface area contributed by atoms with Crippen molar-refractivity contribution in [1.82, 2.24) is 0 Å². The van der Waals surface area contributed by atoms with E-state index in [9.17, 15) is 9.59 Å². The Kier molecular flexibility index (Phi) is 8.28. The molecule has 0 aliphatic rings. The molecule has 0 atom stereocenters. The number of carbonyl (C=O) groups excluding carboxylic acids is 2. The lowest BCUT2D eigenvalue weighted by Crippen LogP contribution is -2.20. The average Bonchev–Trinajstić information content (AvgIpc) is 2.25. The molecule has 0 radical (unpaired) electrons. The Morgan fingerprint density at radius 3 is 1.39 bits per heavy atom. The van der Waals surface area contributed by atoms with E-state index < -0.39 is 18.8 Å². The summed E-state index contributed by atoms with van der Waals surface area (Å²) in [5.74, 6) is -1.32. The van der Waals surface area contributed by atoms with Gasteiger partial charge in [-0.05, 0) is 63.7 Å². The van der Waals surface area contributed by atoms with Crippen LogP contribution in [0.5, 0.6) is 0 Å². The molecule has 0 saturated heterocycles. The van der Waals surface area contributed by atoms with Gasteiger partial charge >= 0.3 is 11.9 Å². The molecule has 18 heavy (non-hydrogen) atoms. The van der Waals surface area contributed by atoms with Crippen molar-refractivity contribution in [1.29, 1.82) is 0 Å². The summed E-state index contributed by atoms with van der Waals surface area (Å²) in [4.78, 5) is 22.7. The van der Waals surface area contributed by atoms with Crippen LogP contribution < -0.4 is 0 Å². The van der Waals surface area contributed by atoms with E-state index in [-0.39, 0.29) is 0 Å². The summed E-state index contributed by atoms with van der Waals surface area (Å²) < 4.78 is 8.11. The Morgan fingerprint density at radius 2 is 1.17 bits per heavy atom. The zero-order valence-electron chi connectivity index (χ0n) is 9.71. The lowest BCUT2D eigenvalue weighted by atomic mass is 10.5. The van der Waals surface area contributed by atoms with Gasteiger partial charge in [-0.15, -0.1) is 0 Å². The summed E-state index contributed by atoms with van der Waals surface area (Å²) >= 11 is 12.6. The number of ether oxygens (including phenoxy) is 2. The van der Waals surface area contributed by atoms with Crippen molar-refractivity contribution >= 4 is 75.7 Å². The van der Waals surface area contributed by atoms with E-state index in [1.54, 1.807) is 0 Å². The van der Waals surface area contributed by atoms with Crippen LogP contribution in [0.25, 0.3) is 0 Å².